The Morgan fingerprint density at radius 3 is 2.53 bits per heavy atom. The lowest BCUT2D eigenvalue weighted by Gasteiger charge is -2.26. The summed E-state index contributed by atoms with van der Waals surface area (Å²) in [7, 11) is 0. The molecule has 1 rings (SSSR count). The summed E-state index contributed by atoms with van der Waals surface area (Å²) >= 11 is 2.97. The van der Waals surface area contributed by atoms with Gasteiger partial charge in [0.05, 0.1) is 23.2 Å². The molecule has 1 amide bonds. The number of nitrogens with one attached hydrogen (secondary N) is 1. The third-order valence-corrected chi connectivity index (χ3v) is 2.90. The van der Waals surface area contributed by atoms with Crippen molar-refractivity contribution in [2.75, 3.05) is 13.2 Å². The van der Waals surface area contributed by atoms with Crippen LogP contribution in [0.3, 0.4) is 0 Å². The standard InChI is InChI=1S/C11H13BrFNO3/c1-11(5-15,6-16)14-10(17)7-2-3-9(13)8(12)4-7/h2-4,15-16H,5-6H2,1H3,(H,14,17). The van der Waals surface area contributed by atoms with Gasteiger partial charge in [-0.3, -0.25) is 4.79 Å². The van der Waals surface area contributed by atoms with Gasteiger partial charge in [0, 0.05) is 5.56 Å². The van der Waals surface area contributed by atoms with E-state index in [1.165, 1.54) is 19.1 Å². The molecule has 0 radical (unpaired) electrons. The highest BCUT2D eigenvalue weighted by Crippen LogP contribution is 2.17. The topological polar surface area (TPSA) is 69.6 Å². The molecule has 0 fully saturated rings. The second-order valence-electron chi connectivity index (χ2n) is 3.96. The highest BCUT2D eigenvalue weighted by molar-refractivity contribution is 9.10. The fourth-order valence-electron chi connectivity index (χ4n) is 1.11. The third-order valence-electron chi connectivity index (χ3n) is 2.30. The number of halogens is 2. The third kappa shape index (κ3) is 3.49. The molecule has 0 aromatic heterocycles. The average Bonchev–Trinajstić information content (AvgIpc) is 2.32. The van der Waals surface area contributed by atoms with Crippen LogP contribution in [0.15, 0.2) is 22.7 Å². The molecule has 0 atom stereocenters. The molecule has 6 heteroatoms. The van der Waals surface area contributed by atoms with E-state index in [2.05, 4.69) is 21.2 Å². The lowest BCUT2D eigenvalue weighted by Crippen LogP contribution is -2.51. The quantitative estimate of drug-likeness (QED) is 0.779. The van der Waals surface area contributed by atoms with E-state index >= 15 is 0 Å². The van der Waals surface area contributed by atoms with E-state index in [9.17, 15) is 9.18 Å². The molecule has 0 heterocycles. The van der Waals surface area contributed by atoms with Gasteiger partial charge in [-0.1, -0.05) is 0 Å². The first-order chi connectivity index (χ1) is 7.91. The average molecular weight is 306 g/mol. The Bertz CT molecular complexity index is 421. The maximum absolute atomic E-state index is 13.0. The molecule has 1 aromatic rings. The van der Waals surface area contributed by atoms with Gasteiger partial charge in [-0.15, -0.1) is 0 Å². The number of carbonyl (C=O) groups excluding carboxylic acids is 1. The molecule has 0 aliphatic rings. The van der Waals surface area contributed by atoms with Crippen LogP contribution < -0.4 is 5.32 Å². The molecule has 0 aliphatic heterocycles. The summed E-state index contributed by atoms with van der Waals surface area (Å²) in [6.45, 7) is 0.721. The van der Waals surface area contributed by atoms with Gasteiger partial charge in [-0.05, 0) is 41.1 Å². The number of hydrogen-bond acceptors (Lipinski definition) is 3. The highest BCUT2D eigenvalue weighted by Gasteiger charge is 2.25. The van der Waals surface area contributed by atoms with Crippen LogP contribution in [0.1, 0.15) is 17.3 Å². The van der Waals surface area contributed by atoms with Crippen molar-refractivity contribution in [1.29, 1.82) is 0 Å². The minimum atomic E-state index is -1.10. The van der Waals surface area contributed by atoms with Crippen molar-refractivity contribution in [3.8, 4) is 0 Å². The van der Waals surface area contributed by atoms with Crippen LogP contribution in [-0.4, -0.2) is 34.9 Å². The zero-order valence-corrected chi connectivity index (χ0v) is 10.8. The lowest BCUT2D eigenvalue weighted by molar-refractivity contribution is 0.0723. The monoisotopic (exact) mass is 305 g/mol. The Kier molecular flexibility index (Phi) is 4.62. The van der Waals surface area contributed by atoms with Crippen molar-refractivity contribution in [3.05, 3.63) is 34.1 Å². The zero-order chi connectivity index (χ0) is 13.1. The first-order valence-corrected chi connectivity index (χ1v) is 5.70. The minimum Gasteiger partial charge on any atom is -0.394 e. The Hall–Kier alpha value is -0.980. The molecule has 17 heavy (non-hydrogen) atoms. The van der Waals surface area contributed by atoms with Crippen molar-refractivity contribution >= 4 is 21.8 Å². The van der Waals surface area contributed by atoms with Crippen LogP contribution in [0.4, 0.5) is 4.39 Å². The predicted octanol–water partition coefficient (Wildman–Crippen LogP) is 1.06. The maximum atomic E-state index is 13.0. The molecular weight excluding hydrogens is 293 g/mol. The van der Waals surface area contributed by atoms with Crippen molar-refractivity contribution in [1.82, 2.24) is 5.32 Å². The number of aliphatic hydroxyl groups excluding tert-OH is 2. The summed E-state index contributed by atoms with van der Waals surface area (Å²) in [6, 6.07) is 3.82. The zero-order valence-electron chi connectivity index (χ0n) is 9.20. The summed E-state index contributed by atoms with van der Waals surface area (Å²) < 4.78 is 13.2. The maximum Gasteiger partial charge on any atom is 0.251 e. The van der Waals surface area contributed by atoms with Crippen LogP contribution in [0.25, 0.3) is 0 Å². The van der Waals surface area contributed by atoms with E-state index in [-0.39, 0.29) is 10.0 Å². The Balaban J connectivity index is 2.86. The van der Waals surface area contributed by atoms with E-state index in [4.69, 9.17) is 10.2 Å². The van der Waals surface area contributed by atoms with Gasteiger partial charge in [0.25, 0.3) is 5.91 Å². The molecule has 94 valence electrons. The van der Waals surface area contributed by atoms with Crippen molar-refractivity contribution in [3.63, 3.8) is 0 Å². The molecule has 0 aliphatic carbocycles. The van der Waals surface area contributed by atoms with Gasteiger partial charge in [0.1, 0.15) is 5.82 Å². The van der Waals surface area contributed by atoms with Gasteiger partial charge < -0.3 is 15.5 Å². The van der Waals surface area contributed by atoms with Gasteiger partial charge in [0.15, 0.2) is 0 Å². The van der Waals surface area contributed by atoms with E-state index < -0.39 is 30.5 Å². The SMILES string of the molecule is CC(CO)(CO)NC(=O)c1ccc(F)c(Br)c1. The number of carbonyl (C=O) groups is 1. The molecule has 0 saturated carbocycles. The molecule has 0 bridgehead atoms. The van der Waals surface area contributed by atoms with Crippen LogP contribution in [0, 0.1) is 5.82 Å². The second kappa shape index (κ2) is 5.57. The van der Waals surface area contributed by atoms with Gasteiger partial charge in [-0.2, -0.15) is 0 Å². The molecule has 1 aromatic carbocycles. The van der Waals surface area contributed by atoms with Crippen LogP contribution in [-0.2, 0) is 0 Å². The first-order valence-electron chi connectivity index (χ1n) is 4.91. The van der Waals surface area contributed by atoms with E-state index in [0.717, 1.165) is 6.07 Å². The Labute approximate surface area is 107 Å². The summed E-state index contributed by atoms with van der Waals surface area (Å²) in [5.41, 5.74) is -0.857. The van der Waals surface area contributed by atoms with Crippen LogP contribution in [0.5, 0.6) is 0 Å². The summed E-state index contributed by atoms with van der Waals surface area (Å²) in [6.07, 6.45) is 0. The van der Waals surface area contributed by atoms with Crippen molar-refractivity contribution in [2.45, 2.75) is 12.5 Å². The van der Waals surface area contributed by atoms with Crippen LogP contribution >= 0.6 is 15.9 Å². The Morgan fingerprint density at radius 1 is 1.47 bits per heavy atom. The highest BCUT2D eigenvalue weighted by atomic mass is 79.9. The molecule has 0 saturated heterocycles. The first kappa shape index (κ1) is 14.1. The lowest BCUT2D eigenvalue weighted by atomic mass is 10.0. The number of rotatable bonds is 4. The number of benzene rings is 1. The second-order valence-corrected chi connectivity index (χ2v) is 4.81. The van der Waals surface area contributed by atoms with Gasteiger partial charge in [0.2, 0.25) is 0 Å². The largest absolute Gasteiger partial charge is 0.394 e. The van der Waals surface area contributed by atoms with Crippen molar-refractivity contribution in [2.24, 2.45) is 0 Å². The van der Waals surface area contributed by atoms with Gasteiger partial charge >= 0.3 is 0 Å². The number of hydrogen-bond donors (Lipinski definition) is 3. The molecular formula is C11H13BrFNO3. The van der Waals surface area contributed by atoms with Gasteiger partial charge in [-0.25, -0.2) is 4.39 Å². The predicted molar refractivity (Wildman–Crippen MR) is 64.1 cm³/mol. The smallest absolute Gasteiger partial charge is 0.251 e. The minimum absolute atomic E-state index is 0.180. The molecule has 4 nitrogen and oxygen atoms in total. The normalized spacial score (nSPS) is 11.4. The van der Waals surface area contributed by atoms with E-state index in [1.807, 2.05) is 0 Å². The fourth-order valence-corrected chi connectivity index (χ4v) is 1.49. The molecule has 0 spiro atoms. The number of amides is 1. The molecule has 3 N–H and O–H groups in total. The fraction of sp³-hybridized carbons (Fsp3) is 0.364. The van der Waals surface area contributed by atoms with Crippen molar-refractivity contribution < 1.29 is 19.4 Å². The number of aliphatic hydroxyl groups is 2. The van der Waals surface area contributed by atoms with E-state index in [1.54, 1.807) is 0 Å². The summed E-state index contributed by atoms with van der Waals surface area (Å²) in [5.74, 6) is -0.954. The summed E-state index contributed by atoms with van der Waals surface area (Å²) in [4.78, 5) is 11.8. The molecule has 0 unspecified atom stereocenters. The van der Waals surface area contributed by atoms with E-state index in [0.29, 0.717) is 0 Å². The van der Waals surface area contributed by atoms with Crippen LogP contribution in [0.2, 0.25) is 0 Å². The Morgan fingerprint density at radius 2 is 2.06 bits per heavy atom. The summed E-state index contributed by atoms with van der Waals surface area (Å²) in [5, 5.41) is 20.5.